The van der Waals surface area contributed by atoms with Crippen LogP contribution >= 0.6 is 11.6 Å². The van der Waals surface area contributed by atoms with E-state index < -0.39 is 5.97 Å². The number of benzene rings is 2. The summed E-state index contributed by atoms with van der Waals surface area (Å²) in [6.45, 7) is 4.64. The number of hydrogen-bond acceptors (Lipinski definition) is 6. The van der Waals surface area contributed by atoms with Gasteiger partial charge in [0.1, 0.15) is 28.8 Å². The summed E-state index contributed by atoms with van der Waals surface area (Å²) in [6.07, 6.45) is 0. The minimum atomic E-state index is -0.663. The Hall–Kier alpha value is -3.55. The van der Waals surface area contributed by atoms with E-state index in [1.165, 1.54) is 17.7 Å². The van der Waals surface area contributed by atoms with E-state index in [1.54, 1.807) is 19.2 Å². The number of aromatic nitrogens is 1. The Morgan fingerprint density at radius 3 is 2.48 bits per heavy atom. The maximum absolute atomic E-state index is 12.9. The number of hydrogen-bond donors (Lipinski definition) is 1. The van der Waals surface area contributed by atoms with Crippen LogP contribution in [0.1, 0.15) is 27.0 Å². The van der Waals surface area contributed by atoms with Gasteiger partial charge in [0.15, 0.2) is 0 Å². The fourth-order valence-electron chi connectivity index (χ4n) is 3.39. The van der Waals surface area contributed by atoms with E-state index in [2.05, 4.69) is 6.58 Å². The van der Waals surface area contributed by atoms with Gasteiger partial charge in [0.25, 0.3) is 5.56 Å². The summed E-state index contributed by atoms with van der Waals surface area (Å²) < 4.78 is 17.3. The molecule has 0 unspecified atom stereocenters. The molecule has 0 saturated heterocycles. The number of ether oxygens (including phenoxy) is 3. The van der Waals surface area contributed by atoms with Gasteiger partial charge in [-0.1, -0.05) is 54.6 Å². The van der Waals surface area contributed by atoms with Crippen molar-refractivity contribution < 1.29 is 19.0 Å². The highest BCUT2D eigenvalue weighted by Crippen LogP contribution is 2.29. The highest BCUT2D eigenvalue weighted by atomic mass is 35.5. The first-order valence-electron chi connectivity index (χ1n) is 10.2. The van der Waals surface area contributed by atoms with Gasteiger partial charge in [-0.25, -0.2) is 4.79 Å². The van der Waals surface area contributed by atoms with Gasteiger partial charge in [0.05, 0.1) is 20.8 Å². The van der Waals surface area contributed by atoms with Crippen molar-refractivity contribution in [3.05, 3.63) is 98.9 Å². The first kappa shape index (κ1) is 24.1. The molecule has 3 aromatic rings. The van der Waals surface area contributed by atoms with E-state index in [9.17, 15) is 9.59 Å². The summed E-state index contributed by atoms with van der Waals surface area (Å²) in [6, 6.07) is 15.9. The zero-order valence-corrected chi connectivity index (χ0v) is 19.2. The van der Waals surface area contributed by atoms with Gasteiger partial charge in [0, 0.05) is 29.8 Å². The molecule has 0 fully saturated rings. The number of rotatable bonds is 9. The van der Waals surface area contributed by atoms with Gasteiger partial charge >= 0.3 is 5.97 Å². The number of carbonyl (C=O) groups excluding carboxylic acids is 1. The number of methoxy groups -OCH3 is 2. The molecule has 172 valence electrons. The van der Waals surface area contributed by atoms with Crippen LogP contribution in [0.2, 0.25) is 5.15 Å². The van der Waals surface area contributed by atoms with Gasteiger partial charge in [-0.05, 0) is 17.2 Å². The lowest BCUT2D eigenvalue weighted by Gasteiger charge is -2.17. The Morgan fingerprint density at radius 1 is 1.12 bits per heavy atom. The minimum absolute atomic E-state index is 0.0407. The Morgan fingerprint density at radius 2 is 1.85 bits per heavy atom. The smallest absolute Gasteiger partial charge is 0.341 e. The fourth-order valence-corrected chi connectivity index (χ4v) is 3.74. The van der Waals surface area contributed by atoms with Crippen molar-refractivity contribution in [3.63, 3.8) is 0 Å². The van der Waals surface area contributed by atoms with E-state index in [0.29, 0.717) is 29.2 Å². The van der Waals surface area contributed by atoms with E-state index >= 15 is 0 Å². The molecular formula is C25H25ClN2O5. The minimum Gasteiger partial charge on any atom is -0.496 e. The van der Waals surface area contributed by atoms with Crippen LogP contribution in [0.4, 0.5) is 0 Å². The Kier molecular flexibility index (Phi) is 7.92. The van der Waals surface area contributed by atoms with Crippen LogP contribution in [0, 0.1) is 0 Å². The number of carbonyl (C=O) groups is 1. The molecule has 0 aliphatic carbocycles. The molecule has 0 spiro atoms. The fraction of sp³-hybridized carbons (Fsp3) is 0.200. The van der Waals surface area contributed by atoms with E-state index in [1.807, 2.05) is 36.4 Å². The van der Waals surface area contributed by atoms with Crippen LogP contribution in [-0.2, 0) is 17.8 Å². The molecule has 0 aliphatic rings. The molecule has 8 heteroatoms. The lowest BCUT2D eigenvalue weighted by Crippen LogP contribution is -2.27. The molecule has 1 heterocycles. The number of esters is 1. The molecule has 7 nitrogen and oxygen atoms in total. The van der Waals surface area contributed by atoms with Crippen molar-refractivity contribution >= 4 is 23.1 Å². The van der Waals surface area contributed by atoms with Crippen LogP contribution < -0.4 is 20.8 Å². The lowest BCUT2D eigenvalue weighted by atomic mass is 9.96. The molecule has 3 rings (SSSR count). The van der Waals surface area contributed by atoms with Gasteiger partial charge in [-0.15, -0.1) is 0 Å². The summed E-state index contributed by atoms with van der Waals surface area (Å²) in [5, 5.41) is -0.0407. The molecule has 0 radical (unpaired) electrons. The van der Waals surface area contributed by atoms with Gasteiger partial charge in [-0.2, -0.15) is 0 Å². The van der Waals surface area contributed by atoms with Crippen LogP contribution in [0.5, 0.6) is 11.5 Å². The van der Waals surface area contributed by atoms with Gasteiger partial charge in [-0.3, -0.25) is 9.36 Å². The van der Waals surface area contributed by atoms with Crippen molar-refractivity contribution in [2.75, 3.05) is 20.8 Å². The second-order valence-corrected chi connectivity index (χ2v) is 7.43. The molecule has 2 aromatic carbocycles. The third kappa shape index (κ3) is 5.27. The summed E-state index contributed by atoms with van der Waals surface area (Å²) in [7, 11) is 2.81. The van der Waals surface area contributed by atoms with Crippen LogP contribution in [0.15, 0.2) is 66.0 Å². The van der Waals surface area contributed by atoms with Crippen molar-refractivity contribution in [2.45, 2.75) is 13.1 Å². The van der Waals surface area contributed by atoms with Gasteiger partial charge < -0.3 is 19.9 Å². The predicted molar refractivity (Wildman–Crippen MR) is 128 cm³/mol. The molecule has 0 amide bonds. The maximum Gasteiger partial charge on any atom is 0.341 e. The molecule has 33 heavy (non-hydrogen) atoms. The van der Waals surface area contributed by atoms with Crippen LogP contribution in [0.25, 0.3) is 5.57 Å². The van der Waals surface area contributed by atoms with Crippen molar-refractivity contribution in [1.82, 2.24) is 4.57 Å². The molecule has 0 atom stereocenters. The summed E-state index contributed by atoms with van der Waals surface area (Å²) in [5.41, 5.74) is 7.79. The highest BCUT2D eigenvalue weighted by Gasteiger charge is 2.23. The summed E-state index contributed by atoms with van der Waals surface area (Å²) >= 11 is 6.52. The Bertz CT molecular complexity index is 1220. The zero-order valence-electron chi connectivity index (χ0n) is 18.5. The molecule has 0 saturated carbocycles. The van der Waals surface area contributed by atoms with E-state index in [4.69, 9.17) is 31.5 Å². The first-order chi connectivity index (χ1) is 15.9. The Balaban J connectivity index is 1.90. The monoisotopic (exact) mass is 468 g/mol. The standard InChI is InChI=1S/C25H25ClN2O5/c1-16(17-7-5-4-6-8-17)20-14-22(29)28(24(26)23(20)25(30)32-3)11-12-33-19-10-9-18(15-27)21(13-19)31-2/h4-10,13-14H,1,11-12,15,27H2,2-3H3. The summed E-state index contributed by atoms with van der Waals surface area (Å²) in [4.78, 5) is 25.4. The largest absolute Gasteiger partial charge is 0.496 e. The number of pyridine rings is 1. The van der Waals surface area contributed by atoms with E-state index in [0.717, 1.165) is 11.1 Å². The SMILES string of the molecule is C=C(c1ccccc1)c1cc(=O)n(CCOc2ccc(CN)c(OC)c2)c(Cl)c1C(=O)OC. The lowest BCUT2D eigenvalue weighted by molar-refractivity contribution is 0.0599. The zero-order chi connectivity index (χ0) is 24.0. The van der Waals surface area contributed by atoms with Gasteiger partial charge in [0.2, 0.25) is 0 Å². The predicted octanol–water partition coefficient (Wildman–Crippen LogP) is 3.90. The number of nitrogens with zero attached hydrogens (tertiary/aromatic N) is 1. The first-order valence-corrected chi connectivity index (χ1v) is 10.5. The molecule has 1 aromatic heterocycles. The van der Waals surface area contributed by atoms with Crippen LogP contribution in [-0.4, -0.2) is 31.4 Å². The van der Waals surface area contributed by atoms with Crippen molar-refractivity contribution in [1.29, 1.82) is 0 Å². The topological polar surface area (TPSA) is 92.8 Å². The van der Waals surface area contributed by atoms with E-state index in [-0.39, 0.29) is 29.4 Å². The highest BCUT2D eigenvalue weighted by molar-refractivity contribution is 6.33. The van der Waals surface area contributed by atoms with Crippen LogP contribution in [0.3, 0.4) is 0 Å². The molecule has 0 bridgehead atoms. The second kappa shape index (κ2) is 10.8. The Labute approximate surface area is 197 Å². The van der Waals surface area contributed by atoms with Crippen molar-refractivity contribution in [3.8, 4) is 11.5 Å². The third-order valence-electron chi connectivity index (χ3n) is 5.15. The average Bonchev–Trinajstić information content (AvgIpc) is 2.85. The third-order valence-corrected chi connectivity index (χ3v) is 5.54. The average molecular weight is 469 g/mol. The normalized spacial score (nSPS) is 10.5. The number of halogens is 1. The quantitative estimate of drug-likeness (QED) is 0.378. The number of nitrogens with two attached hydrogens (primary N) is 1. The molecule has 0 aliphatic heterocycles. The summed E-state index contributed by atoms with van der Waals surface area (Å²) in [5.74, 6) is 0.501. The molecular weight excluding hydrogens is 444 g/mol. The second-order valence-electron chi connectivity index (χ2n) is 7.08. The molecule has 2 N–H and O–H groups in total. The maximum atomic E-state index is 12.9. The van der Waals surface area contributed by atoms with Crippen molar-refractivity contribution in [2.24, 2.45) is 5.73 Å².